The van der Waals surface area contributed by atoms with E-state index in [9.17, 15) is 8.42 Å². The zero-order chi connectivity index (χ0) is 13.3. The molecule has 2 aromatic heterocycles. The molecule has 18 heavy (non-hydrogen) atoms. The highest BCUT2D eigenvalue weighted by Gasteiger charge is 2.20. The maximum Gasteiger partial charge on any atom is 0.266 e. The lowest BCUT2D eigenvalue weighted by Gasteiger charge is -2.08. The number of nitrogens with zero attached hydrogens (tertiary/aromatic N) is 3. The molecule has 0 saturated carbocycles. The van der Waals surface area contributed by atoms with E-state index >= 15 is 0 Å². The molecule has 1 N–H and O–H groups in total. The minimum absolute atomic E-state index is 0.162. The van der Waals surface area contributed by atoms with Crippen molar-refractivity contribution in [3.8, 4) is 0 Å². The van der Waals surface area contributed by atoms with Gasteiger partial charge < -0.3 is 0 Å². The maximum absolute atomic E-state index is 12.2. The van der Waals surface area contributed by atoms with Crippen LogP contribution in [-0.2, 0) is 17.1 Å². The Labute approximate surface area is 106 Å². The second kappa shape index (κ2) is 4.41. The molecule has 6 nitrogen and oxygen atoms in total. The first-order chi connectivity index (χ1) is 8.40. The van der Waals surface area contributed by atoms with Gasteiger partial charge in [0.1, 0.15) is 10.7 Å². The van der Waals surface area contributed by atoms with Gasteiger partial charge >= 0.3 is 0 Å². The van der Waals surface area contributed by atoms with Crippen LogP contribution in [0.25, 0.3) is 0 Å². The summed E-state index contributed by atoms with van der Waals surface area (Å²) in [6, 6.07) is 3.55. The van der Waals surface area contributed by atoms with E-state index < -0.39 is 10.0 Å². The average Bonchev–Trinajstić information content (AvgIpc) is 2.62. The van der Waals surface area contributed by atoms with Gasteiger partial charge in [0, 0.05) is 19.4 Å². The van der Waals surface area contributed by atoms with E-state index in [0.29, 0.717) is 11.5 Å². The molecular formula is C11H14N4O2S. The quantitative estimate of drug-likeness (QED) is 0.906. The van der Waals surface area contributed by atoms with Gasteiger partial charge in [-0.05, 0) is 25.5 Å². The van der Waals surface area contributed by atoms with E-state index in [-0.39, 0.29) is 4.90 Å². The molecule has 0 unspecified atom stereocenters. The Kier molecular flexibility index (Phi) is 3.08. The number of sulfonamides is 1. The fraction of sp³-hybridized carbons (Fsp3) is 0.273. The van der Waals surface area contributed by atoms with Gasteiger partial charge in [-0.25, -0.2) is 13.4 Å². The van der Waals surface area contributed by atoms with Crippen molar-refractivity contribution < 1.29 is 8.42 Å². The number of hydrogen-bond acceptors (Lipinski definition) is 4. The van der Waals surface area contributed by atoms with Crippen LogP contribution in [0.15, 0.2) is 29.4 Å². The number of pyridine rings is 1. The van der Waals surface area contributed by atoms with Crippen LogP contribution < -0.4 is 4.72 Å². The van der Waals surface area contributed by atoms with Crippen molar-refractivity contribution in [3.63, 3.8) is 0 Å². The van der Waals surface area contributed by atoms with Crippen molar-refractivity contribution in [1.82, 2.24) is 14.8 Å². The third kappa shape index (κ3) is 2.35. The Morgan fingerprint density at radius 2 is 2.06 bits per heavy atom. The van der Waals surface area contributed by atoms with Crippen LogP contribution >= 0.6 is 0 Å². The summed E-state index contributed by atoms with van der Waals surface area (Å²) in [5.74, 6) is 0.334. The lowest BCUT2D eigenvalue weighted by atomic mass is 10.3. The molecule has 96 valence electrons. The fourth-order valence-corrected chi connectivity index (χ4v) is 2.92. The van der Waals surface area contributed by atoms with Crippen molar-refractivity contribution in [2.75, 3.05) is 4.72 Å². The number of nitrogens with one attached hydrogen (secondary N) is 1. The molecule has 0 bridgehead atoms. The summed E-state index contributed by atoms with van der Waals surface area (Å²) in [6.07, 6.45) is 3.01. The summed E-state index contributed by atoms with van der Waals surface area (Å²) in [6.45, 7) is 3.45. The van der Waals surface area contributed by atoms with Gasteiger partial charge in [-0.1, -0.05) is 6.07 Å². The number of anilines is 1. The first kappa shape index (κ1) is 12.6. The van der Waals surface area contributed by atoms with Gasteiger partial charge in [0.2, 0.25) is 0 Å². The number of aryl methyl sites for hydroxylation is 3. The van der Waals surface area contributed by atoms with Crippen molar-refractivity contribution in [1.29, 1.82) is 0 Å². The molecule has 0 radical (unpaired) electrons. The molecular weight excluding hydrogens is 252 g/mol. The van der Waals surface area contributed by atoms with Crippen molar-refractivity contribution in [3.05, 3.63) is 35.8 Å². The molecule has 0 aromatic carbocycles. The maximum atomic E-state index is 12.2. The topological polar surface area (TPSA) is 76.9 Å². The van der Waals surface area contributed by atoms with Gasteiger partial charge in [0.05, 0.1) is 5.69 Å². The SMILES string of the molecule is Cc1cccnc1NS(=O)(=O)c1cn(C)nc1C. The van der Waals surface area contributed by atoms with E-state index in [2.05, 4.69) is 14.8 Å². The van der Waals surface area contributed by atoms with Crippen molar-refractivity contribution in [2.45, 2.75) is 18.7 Å². The van der Waals surface area contributed by atoms with Gasteiger partial charge in [0.15, 0.2) is 0 Å². The van der Waals surface area contributed by atoms with E-state index in [1.807, 2.05) is 0 Å². The summed E-state index contributed by atoms with van der Waals surface area (Å²) >= 11 is 0. The summed E-state index contributed by atoms with van der Waals surface area (Å²) in [5.41, 5.74) is 1.22. The minimum atomic E-state index is -3.64. The minimum Gasteiger partial charge on any atom is -0.274 e. The highest BCUT2D eigenvalue weighted by Crippen LogP contribution is 2.18. The number of hydrogen-bond donors (Lipinski definition) is 1. The lowest BCUT2D eigenvalue weighted by molar-refractivity contribution is 0.600. The average molecular weight is 266 g/mol. The molecule has 0 saturated heterocycles. The monoisotopic (exact) mass is 266 g/mol. The second-order valence-electron chi connectivity index (χ2n) is 4.03. The smallest absolute Gasteiger partial charge is 0.266 e. The fourth-order valence-electron chi connectivity index (χ4n) is 1.62. The van der Waals surface area contributed by atoms with E-state index in [1.54, 1.807) is 39.2 Å². The van der Waals surface area contributed by atoms with Crippen LogP contribution in [-0.4, -0.2) is 23.2 Å². The third-order valence-corrected chi connectivity index (χ3v) is 3.94. The van der Waals surface area contributed by atoms with Crippen LogP contribution in [0.1, 0.15) is 11.3 Å². The summed E-state index contributed by atoms with van der Waals surface area (Å²) in [4.78, 5) is 4.17. The van der Waals surface area contributed by atoms with Gasteiger partial charge in [-0.15, -0.1) is 0 Å². The van der Waals surface area contributed by atoms with E-state index in [4.69, 9.17) is 0 Å². The predicted molar refractivity (Wildman–Crippen MR) is 67.7 cm³/mol. The van der Waals surface area contributed by atoms with Gasteiger partial charge in [-0.2, -0.15) is 5.10 Å². The Balaban J connectivity index is 2.40. The Hall–Kier alpha value is -1.89. The molecule has 2 rings (SSSR count). The Bertz CT molecular complexity index is 676. The lowest BCUT2D eigenvalue weighted by Crippen LogP contribution is -2.15. The summed E-state index contributed by atoms with van der Waals surface area (Å²) in [5, 5.41) is 4.02. The molecule has 0 fully saturated rings. The second-order valence-corrected chi connectivity index (χ2v) is 5.68. The third-order valence-electron chi connectivity index (χ3n) is 2.50. The van der Waals surface area contributed by atoms with Crippen molar-refractivity contribution >= 4 is 15.8 Å². The normalized spacial score (nSPS) is 11.5. The molecule has 0 atom stereocenters. The van der Waals surface area contributed by atoms with Gasteiger partial charge in [0.25, 0.3) is 10.0 Å². The summed E-state index contributed by atoms with van der Waals surface area (Å²) in [7, 11) is -1.96. The van der Waals surface area contributed by atoms with Crippen LogP contribution in [0.2, 0.25) is 0 Å². The first-order valence-corrected chi connectivity index (χ1v) is 6.83. The molecule has 0 aliphatic heterocycles. The molecule has 2 aromatic rings. The largest absolute Gasteiger partial charge is 0.274 e. The zero-order valence-corrected chi connectivity index (χ0v) is 11.2. The highest BCUT2D eigenvalue weighted by atomic mass is 32.2. The number of aromatic nitrogens is 3. The molecule has 7 heteroatoms. The Morgan fingerprint density at radius 3 is 2.61 bits per heavy atom. The molecule has 0 aliphatic carbocycles. The Morgan fingerprint density at radius 1 is 1.33 bits per heavy atom. The molecule has 0 spiro atoms. The van der Waals surface area contributed by atoms with Crippen LogP contribution in [0, 0.1) is 13.8 Å². The van der Waals surface area contributed by atoms with Crippen LogP contribution in [0.3, 0.4) is 0 Å². The van der Waals surface area contributed by atoms with Crippen LogP contribution in [0.4, 0.5) is 5.82 Å². The highest BCUT2D eigenvalue weighted by molar-refractivity contribution is 7.92. The number of rotatable bonds is 3. The van der Waals surface area contributed by atoms with E-state index in [1.165, 1.54) is 10.9 Å². The summed E-state index contributed by atoms with van der Waals surface area (Å²) < 4.78 is 28.3. The van der Waals surface area contributed by atoms with Crippen LogP contribution in [0.5, 0.6) is 0 Å². The first-order valence-electron chi connectivity index (χ1n) is 5.35. The molecule has 0 amide bonds. The van der Waals surface area contributed by atoms with Gasteiger partial charge in [-0.3, -0.25) is 9.40 Å². The standard InChI is InChI=1S/C11H14N4O2S/c1-8-5-4-6-12-11(8)14-18(16,17)10-7-15(3)13-9(10)2/h4-7H,1-3H3,(H,12,14). The molecule has 2 heterocycles. The predicted octanol–water partition coefficient (Wildman–Crippen LogP) is 1.23. The van der Waals surface area contributed by atoms with Crippen molar-refractivity contribution in [2.24, 2.45) is 7.05 Å². The molecule has 0 aliphatic rings. The zero-order valence-electron chi connectivity index (χ0n) is 10.4. The van der Waals surface area contributed by atoms with E-state index in [0.717, 1.165) is 5.56 Å².